The van der Waals surface area contributed by atoms with Crippen molar-refractivity contribution in [1.29, 1.82) is 0 Å². The van der Waals surface area contributed by atoms with Crippen molar-refractivity contribution in [2.24, 2.45) is 0 Å². The highest BCUT2D eigenvalue weighted by atomic mass is 79.9. The zero-order valence-corrected chi connectivity index (χ0v) is 15.9. The van der Waals surface area contributed by atoms with Crippen LogP contribution in [0.2, 0.25) is 0 Å². The van der Waals surface area contributed by atoms with E-state index >= 15 is 0 Å². The Bertz CT molecular complexity index is 915. The van der Waals surface area contributed by atoms with Gasteiger partial charge in [0.05, 0.1) is 18.9 Å². The lowest BCUT2D eigenvalue weighted by atomic mass is 10.00. The maximum absolute atomic E-state index is 12.6. The molecule has 0 fully saturated rings. The topological polar surface area (TPSA) is 84.5 Å². The van der Waals surface area contributed by atoms with Crippen LogP contribution in [-0.4, -0.2) is 27.2 Å². The fourth-order valence-electron chi connectivity index (χ4n) is 2.69. The first-order valence-corrected chi connectivity index (χ1v) is 10.3. The van der Waals surface area contributed by atoms with Crippen molar-refractivity contribution in [3.05, 3.63) is 58.1 Å². The molecular formula is C17H17BrN2O4S. The molecule has 132 valence electrons. The van der Waals surface area contributed by atoms with Gasteiger partial charge in [0, 0.05) is 27.7 Å². The smallest absolute Gasteiger partial charge is 0.251 e. The molecular weight excluding hydrogens is 408 g/mol. The van der Waals surface area contributed by atoms with Gasteiger partial charge in [-0.1, -0.05) is 22.0 Å². The third-order valence-corrected chi connectivity index (χ3v) is 4.84. The number of amides is 1. The van der Waals surface area contributed by atoms with Crippen molar-refractivity contribution in [3.8, 4) is 5.75 Å². The fourth-order valence-corrected chi connectivity index (χ4v) is 3.63. The predicted molar refractivity (Wildman–Crippen MR) is 99.4 cm³/mol. The van der Waals surface area contributed by atoms with E-state index in [0.717, 1.165) is 22.0 Å². The molecule has 0 spiro atoms. The van der Waals surface area contributed by atoms with Gasteiger partial charge in [0.2, 0.25) is 10.0 Å². The molecule has 1 amide bonds. The summed E-state index contributed by atoms with van der Waals surface area (Å²) < 4.78 is 31.6. The summed E-state index contributed by atoms with van der Waals surface area (Å²) in [4.78, 5) is 12.6. The van der Waals surface area contributed by atoms with Crippen molar-refractivity contribution in [3.63, 3.8) is 0 Å². The molecule has 8 heteroatoms. The molecule has 1 atom stereocenters. The van der Waals surface area contributed by atoms with Gasteiger partial charge in [-0.15, -0.1) is 0 Å². The minimum absolute atomic E-state index is 0.166. The summed E-state index contributed by atoms with van der Waals surface area (Å²) in [6.07, 6.45) is 1.73. The molecule has 1 aliphatic rings. The summed E-state index contributed by atoms with van der Waals surface area (Å²) >= 11 is 3.43. The Morgan fingerprint density at radius 1 is 1.24 bits per heavy atom. The van der Waals surface area contributed by atoms with Gasteiger partial charge in [-0.05, 0) is 36.4 Å². The van der Waals surface area contributed by atoms with Crippen LogP contribution in [0.15, 0.2) is 46.9 Å². The molecule has 2 aromatic carbocycles. The molecule has 3 rings (SSSR count). The monoisotopic (exact) mass is 424 g/mol. The van der Waals surface area contributed by atoms with Crippen LogP contribution in [-0.2, 0) is 10.0 Å². The first-order chi connectivity index (χ1) is 11.8. The lowest BCUT2D eigenvalue weighted by molar-refractivity contribution is 0.0925. The number of anilines is 1. The van der Waals surface area contributed by atoms with Crippen LogP contribution >= 0.6 is 15.9 Å². The standard InChI is InChI=1S/C17H17BrN2O4S/c1-25(22,23)20-13-4-2-3-11(9-13)17(21)19-15-7-8-24-16-6-5-12(18)10-14(15)16/h2-6,9-10,15,20H,7-8H2,1H3,(H,19,21). The van der Waals surface area contributed by atoms with Crippen molar-refractivity contribution in [1.82, 2.24) is 5.32 Å². The van der Waals surface area contributed by atoms with E-state index in [2.05, 4.69) is 26.0 Å². The third kappa shape index (κ3) is 4.52. The summed E-state index contributed by atoms with van der Waals surface area (Å²) in [5.41, 5.74) is 1.65. The van der Waals surface area contributed by atoms with Crippen molar-refractivity contribution >= 4 is 37.5 Å². The van der Waals surface area contributed by atoms with Crippen molar-refractivity contribution < 1.29 is 17.9 Å². The van der Waals surface area contributed by atoms with E-state index in [1.54, 1.807) is 18.2 Å². The molecule has 1 heterocycles. The van der Waals surface area contributed by atoms with Crippen LogP contribution in [0.25, 0.3) is 0 Å². The maximum Gasteiger partial charge on any atom is 0.251 e. The predicted octanol–water partition coefficient (Wildman–Crippen LogP) is 3.07. The minimum atomic E-state index is -3.40. The van der Waals surface area contributed by atoms with Crippen LogP contribution in [0.3, 0.4) is 0 Å². The Morgan fingerprint density at radius 3 is 2.80 bits per heavy atom. The van der Waals surface area contributed by atoms with E-state index in [1.807, 2.05) is 18.2 Å². The highest BCUT2D eigenvalue weighted by Crippen LogP contribution is 2.34. The van der Waals surface area contributed by atoms with E-state index in [4.69, 9.17) is 4.74 Å². The largest absolute Gasteiger partial charge is 0.493 e. The average Bonchev–Trinajstić information content (AvgIpc) is 2.54. The number of rotatable bonds is 4. The molecule has 1 aliphatic heterocycles. The number of ether oxygens (including phenoxy) is 1. The molecule has 0 radical (unpaired) electrons. The van der Waals surface area contributed by atoms with Crippen LogP contribution in [0.4, 0.5) is 5.69 Å². The SMILES string of the molecule is CS(=O)(=O)Nc1cccc(C(=O)NC2CCOc3ccc(Br)cc32)c1. The van der Waals surface area contributed by atoms with Crippen LogP contribution < -0.4 is 14.8 Å². The fraction of sp³-hybridized carbons (Fsp3) is 0.235. The summed E-state index contributed by atoms with van der Waals surface area (Å²) in [6, 6.07) is 11.9. The van der Waals surface area contributed by atoms with Gasteiger partial charge < -0.3 is 10.1 Å². The average molecular weight is 425 g/mol. The maximum atomic E-state index is 12.6. The Hall–Kier alpha value is -2.06. The summed E-state index contributed by atoms with van der Waals surface area (Å²) in [6.45, 7) is 0.523. The zero-order valence-electron chi connectivity index (χ0n) is 13.5. The minimum Gasteiger partial charge on any atom is -0.493 e. The molecule has 0 saturated heterocycles. The van der Waals surface area contributed by atoms with E-state index in [9.17, 15) is 13.2 Å². The van der Waals surface area contributed by atoms with E-state index in [0.29, 0.717) is 24.3 Å². The molecule has 2 aromatic rings. The number of carbonyl (C=O) groups excluding carboxylic acids is 1. The van der Waals surface area contributed by atoms with E-state index in [-0.39, 0.29) is 11.9 Å². The van der Waals surface area contributed by atoms with Gasteiger partial charge in [0.15, 0.2) is 0 Å². The Labute approximate surface area is 154 Å². The second-order valence-electron chi connectivity index (χ2n) is 5.80. The lowest BCUT2D eigenvalue weighted by Gasteiger charge is -2.27. The molecule has 1 unspecified atom stereocenters. The number of fused-ring (bicyclic) bond motifs is 1. The van der Waals surface area contributed by atoms with Crippen molar-refractivity contribution in [2.75, 3.05) is 17.6 Å². The molecule has 0 bridgehead atoms. The zero-order chi connectivity index (χ0) is 18.0. The van der Waals surface area contributed by atoms with Crippen LogP contribution in [0.5, 0.6) is 5.75 Å². The van der Waals surface area contributed by atoms with Gasteiger partial charge in [0.25, 0.3) is 5.91 Å². The van der Waals surface area contributed by atoms with Gasteiger partial charge in [-0.25, -0.2) is 8.42 Å². The number of hydrogen-bond acceptors (Lipinski definition) is 4. The highest BCUT2D eigenvalue weighted by molar-refractivity contribution is 9.10. The third-order valence-electron chi connectivity index (χ3n) is 3.74. The van der Waals surface area contributed by atoms with Gasteiger partial charge in [-0.2, -0.15) is 0 Å². The first-order valence-electron chi connectivity index (χ1n) is 7.63. The number of benzene rings is 2. The Morgan fingerprint density at radius 2 is 2.04 bits per heavy atom. The normalized spacial score (nSPS) is 16.5. The van der Waals surface area contributed by atoms with Gasteiger partial charge in [0.1, 0.15) is 5.75 Å². The molecule has 25 heavy (non-hydrogen) atoms. The lowest BCUT2D eigenvalue weighted by Crippen LogP contribution is -2.32. The Kier molecular flexibility index (Phi) is 5.01. The second-order valence-corrected chi connectivity index (χ2v) is 8.46. The highest BCUT2D eigenvalue weighted by Gasteiger charge is 2.24. The van der Waals surface area contributed by atoms with Gasteiger partial charge in [-0.3, -0.25) is 9.52 Å². The molecule has 0 saturated carbocycles. The number of carbonyl (C=O) groups is 1. The molecule has 0 aliphatic carbocycles. The summed E-state index contributed by atoms with van der Waals surface area (Å²) in [5, 5.41) is 2.99. The molecule has 2 N–H and O–H groups in total. The number of halogens is 1. The molecule has 0 aromatic heterocycles. The summed E-state index contributed by atoms with van der Waals surface area (Å²) in [5.74, 6) is 0.488. The number of nitrogens with one attached hydrogen (secondary N) is 2. The second kappa shape index (κ2) is 7.05. The quantitative estimate of drug-likeness (QED) is 0.789. The van der Waals surface area contributed by atoms with Crippen LogP contribution in [0, 0.1) is 0 Å². The number of hydrogen-bond donors (Lipinski definition) is 2. The van der Waals surface area contributed by atoms with Gasteiger partial charge >= 0.3 is 0 Å². The first kappa shape index (κ1) is 17.8. The van der Waals surface area contributed by atoms with E-state index in [1.165, 1.54) is 6.07 Å². The van der Waals surface area contributed by atoms with E-state index < -0.39 is 10.0 Å². The van der Waals surface area contributed by atoms with Crippen molar-refractivity contribution in [2.45, 2.75) is 12.5 Å². The van der Waals surface area contributed by atoms with Crippen LogP contribution in [0.1, 0.15) is 28.4 Å². The summed E-state index contributed by atoms with van der Waals surface area (Å²) in [7, 11) is -3.40. The number of sulfonamides is 1. The molecule has 6 nitrogen and oxygen atoms in total. The Balaban J connectivity index is 1.80.